The van der Waals surface area contributed by atoms with Crippen molar-refractivity contribution in [3.63, 3.8) is 0 Å². The van der Waals surface area contributed by atoms with Crippen LogP contribution >= 0.6 is 11.8 Å². The summed E-state index contributed by atoms with van der Waals surface area (Å²) in [6.45, 7) is 2.87. The first-order valence-electron chi connectivity index (χ1n) is 4.64. The number of carbonyl (C=O) groups is 3. The van der Waals surface area contributed by atoms with Crippen LogP contribution in [0.25, 0.3) is 0 Å². The van der Waals surface area contributed by atoms with Gasteiger partial charge >= 0.3 is 6.03 Å². The number of carbonyl (C=O) groups excluding carboxylic acids is 3. The molecule has 0 saturated carbocycles. The number of hydrogen-bond donors (Lipinski definition) is 2. The highest BCUT2D eigenvalue weighted by atomic mass is 32.2. The van der Waals surface area contributed by atoms with E-state index in [1.165, 1.54) is 0 Å². The summed E-state index contributed by atoms with van der Waals surface area (Å²) in [7, 11) is 0. The monoisotopic (exact) mass is 231 g/mol. The molecule has 0 aromatic carbocycles. The molecule has 15 heavy (non-hydrogen) atoms. The van der Waals surface area contributed by atoms with E-state index in [4.69, 9.17) is 0 Å². The number of thioether (sulfide) groups is 1. The van der Waals surface area contributed by atoms with Crippen LogP contribution in [0.4, 0.5) is 9.59 Å². The maximum Gasteiger partial charge on any atom is 0.314 e. The van der Waals surface area contributed by atoms with E-state index in [9.17, 15) is 14.4 Å². The van der Waals surface area contributed by atoms with E-state index in [1.807, 2.05) is 6.92 Å². The smallest absolute Gasteiger partial charge is 0.314 e. The van der Waals surface area contributed by atoms with E-state index in [1.54, 1.807) is 0 Å². The van der Waals surface area contributed by atoms with E-state index in [2.05, 4.69) is 10.6 Å². The first-order valence-corrected chi connectivity index (χ1v) is 5.62. The SMILES string of the molecule is CCNC(=O)NCCN1C(=O)CSC1=O. The molecule has 1 rings (SSSR count). The Hall–Kier alpha value is -1.24. The number of imide groups is 1. The van der Waals surface area contributed by atoms with Crippen molar-refractivity contribution in [3.05, 3.63) is 0 Å². The first kappa shape index (κ1) is 11.8. The van der Waals surface area contributed by atoms with Gasteiger partial charge in [0.25, 0.3) is 5.24 Å². The fourth-order valence-electron chi connectivity index (χ4n) is 1.10. The van der Waals surface area contributed by atoms with Gasteiger partial charge in [-0.05, 0) is 6.92 Å². The van der Waals surface area contributed by atoms with Gasteiger partial charge in [0.1, 0.15) is 0 Å². The summed E-state index contributed by atoms with van der Waals surface area (Å²) in [5, 5.41) is 4.86. The van der Waals surface area contributed by atoms with Gasteiger partial charge in [-0.2, -0.15) is 0 Å². The third-order valence-electron chi connectivity index (χ3n) is 1.80. The standard InChI is InChI=1S/C8H13N3O3S/c1-2-9-7(13)10-3-4-11-6(12)5-15-8(11)14/h2-5H2,1H3,(H2,9,10,13). The molecule has 0 atom stereocenters. The van der Waals surface area contributed by atoms with Crippen molar-refractivity contribution in [1.82, 2.24) is 15.5 Å². The third-order valence-corrected chi connectivity index (χ3v) is 2.66. The van der Waals surface area contributed by atoms with Gasteiger partial charge in [-0.15, -0.1) is 0 Å². The average molecular weight is 231 g/mol. The Kier molecular flexibility index (Phi) is 4.41. The highest BCUT2D eigenvalue weighted by molar-refractivity contribution is 8.14. The van der Waals surface area contributed by atoms with Gasteiger partial charge in [-0.1, -0.05) is 11.8 Å². The highest BCUT2D eigenvalue weighted by Crippen LogP contribution is 2.17. The first-order chi connectivity index (χ1) is 7.15. The van der Waals surface area contributed by atoms with Crippen LogP contribution in [0, 0.1) is 0 Å². The fourth-order valence-corrected chi connectivity index (χ4v) is 1.85. The molecule has 1 saturated heterocycles. The minimum absolute atomic E-state index is 0.192. The second-order valence-electron chi connectivity index (χ2n) is 2.89. The maximum atomic E-state index is 11.1. The molecule has 84 valence electrons. The van der Waals surface area contributed by atoms with E-state index in [0.29, 0.717) is 6.54 Å². The minimum Gasteiger partial charge on any atom is -0.338 e. The molecule has 0 spiro atoms. The van der Waals surface area contributed by atoms with E-state index in [0.717, 1.165) is 16.7 Å². The lowest BCUT2D eigenvalue weighted by molar-refractivity contribution is -0.124. The summed E-state index contributed by atoms with van der Waals surface area (Å²) < 4.78 is 0. The summed E-state index contributed by atoms with van der Waals surface area (Å²) >= 11 is 0.992. The van der Waals surface area contributed by atoms with Crippen molar-refractivity contribution in [3.8, 4) is 0 Å². The Bertz CT molecular complexity index is 266. The molecule has 0 aromatic rings. The van der Waals surface area contributed by atoms with Crippen LogP contribution < -0.4 is 10.6 Å². The Morgan fingerprint density at radius 2 is 2.20 bits per heavy atom. The van der Waals surface area contributed by atoms with Gasteiger partial charge < -0.3 is 10.6 Å². The minimum atomic E-state index is -0.288. The largest absolute Gasteiger partial charge is 0.338 e. The zero-order valence-corrected chi connectivity index (χ0v) is 9.23. The molecule has 1 fully saturated rings. The Labute approximate surface area is 91.8 Å². The van der Waals surface area contributed by atoms with Gasteiger partial charge in [0.15, 0.2) is 0 Å². The zero-order chi connectivity index (χ0) is 11.3. The van der Waals surface area contributed by atoms with Gasteiger partial charge in [0.05, 0.1) is 5.75 Å². The van der Waals surface area contributed by atoms with Gasteiger partial charge in [0.2, 0.25) is 5.91 Å². The summed E-state index contributed by atoms with van der Waals surface area (Å²) in [5.41, 5.74) is 0. The van der Waals surface area contributed by atoms with Crippen LogP contribution in [0.15, 0.2) is 0 Å². The van der Waals surface area contributed by atoms with Crippen LogP contribution in [0.5, 0.6) is 0 Å². The molecule has 4 amide bonds. The van der Waals surface area contributed by atoms with Crippen molar-refractivity contribution in [2.45, 2.75) is 6.92 Å². The topological polar surface area (TPSA) is 78.5 Å². The van der Waals surface area contributed by atoms with Crippen molar-refractivity contribution in [1.29, 1.82) is 0 Å². The second kappa shape index (κ2) is 5.59. The number of rotatable bonds is 4. The molecule has 0 bridgehead atoms. The van der Waals surface area contributed by atoms with Crippen LogP contribution in [0.1, 0.15) is 6.92 Å². The lowest BCUT2D eigenvalue weighted by Crippen LogP contribution is -2.41. The summed E-state index contributed by atoms with van der Waals surface area (Å²) in [6, 6.07) is -0.288. The molecular formula is C8H13N3O3S. The predicted molar refractivity (Wildman–Crippen MR) is 56.6 cm³/mol. The molecule has 6 nitrogen and oxygen atoms in total. The van der Waals surface area contributed by atoms with Gasteiger partial charge in [-0.25, -0.2) is 4.79 Å². The van der Waals surface area contributed by atoms with Gasteiger partial charge in [0, 0.05) is 19.6 Å². The molecule has 0 radical (unpaired) electrons. The molecule has 0 aromatic heterocycles. The third kappa shape index (κ3) is 3.43. The lowest BCUT2D eigenvalue weighted by atomic mass is 10.5. The number of amides is 4. The Balaban J connectivity index is 2.22. The normalized spacial score (nSPS) is 15.7. The van der Waals surface area contributed by atoms with E-state index < -0.39 is 0 Å². The van der Waals surface area contributed by atoms with Crippen LogP contribution in [-0.4, -0.2) is 47.5 Å². The molecule has 1 heterocycles. The van der Waals surface area contributed by atoms with Crippen molar-refractivity contribution in [2.75, 3.05) is 25.4 Å². The van der Waals surface area contributed by atoms with Gasteiger partial charge in [-0.3, -0.25) is 14.5 Å². The molecule has 1 aliphatic rings. The van der Waals surface area contributed by atoms with Crippen molar-refractivity contribution < 1.29 is 14.4 Å². The Morgan fingerprint density at radius 1 is 1.47 bits per heavy atom. The zero-order valence-electron chi connectivity index (χ0n) is 8.41. The summed E-state index contributed by atoms with van der Waals surface area (Å²) in [4.78, 5) is 34.4. The molecular weight excluding hydrogens is 218 g/mol. The number of nitrogens with zero attached hydrogens (tertiary/aromatic N) is 1. The number of hydrogen-bond acceptors (Lipinski definition) is 4. The van der Waals surface area contributed by atoms with E-state index in [-0.39, 0.29) is 36.0 Å². The number of nitrogens with one attached hydrogen (secondary N) is 2. The number of urea groups is 1. The fraction of sp³-hybridized carbons (Fsp3) is 0.625. The lowest BCUT2D eigenvalue weighted by Gasteiger charge is -2.13. The molecule has 2 N–H and O–H groups in total. The van der Waals surface area contributed by atoms with Crippen molar-refractivity contribution >= 4 is 28.9 Å². The maximum absolute atomic E-state index is 11.1. The Morgan fingerprint density at radius 3 is 2.73 bits per heavy atom. The predicted octanol–water partition coefficient (Wildman–Crippen LogP) is 0.000900. The second-order valence-corrected chi connectivity index (χ2v) is 3.81. The molecule has 0 unspecified atom stereocenters. The molecule has 1 aliphatic heterocycles. The highest BCUT2D eigenvalue weighted by Gasteiger charge is 2.29. The van der Waals surface area contributed by atoms with Crippen LogP contribution in [0.2, 0.25) is 0 Å². The molecule has 0 aliphatic carbocycles. The quantitative estimate of drug-likeness (QED) is 0.714. The van der Waals surface area contributed by atoms with Crippen molar-refractivity contribution in [2.24, 2.45) is 0 Å². The molecule has 7 heteroatoms. The summed E-state index contributed by atoms with van der Waals surface area (Å²) in [5.74, 6) is 0.0164. The average Bonchev–Trinajstić information content (AvgIpc) is 2.49. The van der Waals surface area contributed by atoms with Crippen LogP contribution in [0.3, 0.4) is 0 Å². The van der Waals surface area contributed by atoms with E-state index >= 15 is 0 Å². The summed E-state index contributed by atoms with van der Waals surface area (Å²) in [6.07, 6.45) is 0. The van der Waals surface area contributed by atoms with Crippen LogP contribution in [-0.2, 0) is 4.79 Å².